The number of guanidine groups is 1. The van der Waals surface area contributed by atoms with Crippen molar-refractivity contribution in [3.8, 4) is 5.75 Å². The summed E-state index contributed by atoms with van der Waals surface area (Å²) in [6.45, 7) is -0.343. The first-order valence-corrected chi connectivity index (χ1v) is 26.1. The van der Waals surface area contributed by atoms with Gasteiger partial charge in [-0.3, -0.25) is 58.1 Å². The first kappa shape index (κ1) is 58.9. The van der Waals surface area contributed by atoms with E-state index in [1.165, 1.54) is 17.0 Å². The molecule has 0 aromatic heterocycles. The molecular weight excluding hydrogens is 1000 g/mol. The van der Waals surface area contributed by atoms with Crippen molar-refractivity contribution >= 4 is 92.5 Å². The van der Waals surface area contributed by atoms with Crippen molar-refractivity contribution < 1.29 is 57.8 Å². The van der Waals surface area contributed by atoms with Crippen LogP contribution in [0.4, 0.5) is 0 Å². The van der Waals surface area contributed by atoms with E-state index in [4.69, 9.17) is 28.3 Å². The molecule has 2 aromatic rings. The molecule has 0 spiro atoms. The normalized spacial score (nSPS) is 21.7. The number of primary amides is 3. The van der Waals surface area contributed by atoms with E-state index in [1.807, 2.05) is 0 Å². The van der Waals surface area contributed by atoms with Crippen molar-refractivity contribution in [3.05, 3.63) is 65.7 Å². The van der Waals surface area contributed by atoms with E-state index in [2.05, 4.69) is 42.5 Å². The SMILES string of the molecule is N=C(N)NCCCC(NC(=O)[C@@H]1CCCN1C(=O)[C@@H]1CSSCCC(=O)N[C@@H](Cc2ccc(O)cc2)C(=O)N[C@@H](Cc2ccccc2)C(=O)N[C@@H](CCC(N)=O)C(=O)N[C@@H](CC(N)=O)C(=O)N1)C(=O)NCC(N)=O. The van der Waals surface area contributed by atoms with Crippen LogP contribution in [0.2, 0.25) is 0 Å². The Balaban J connectivity index is 1.68. The number of phenolic OH excluding ortho intramolecular Hbond substituents is 1. The van der Waals surface area contributed by atoms with Crippen molar-refractivity contribution in [1.29, 1.82) is 5.41 Å². The molecule has 18 N–H and O–H groups in total. The van der Waals surface area contributed by atoms with Gasteiger partial charge in [-0.25, -0.2) is 0 Å². The van der Waals surface area contributed by atoms with Crippen molar-refractivity contribution in [2.45, 2.75) is 107 Å². The number of carbonyl (C=O) groups excluding carboxylic acids is 11. The van der Waals surface area contributed by atoms with Gasteiger partial charge in [0.05, 0.1) is 13.0 Å². The second-order valence-electron chi connectivity index (χ2n) is 17.4. The number of nitrogens with one attached hydrogen (secondary N) is 9. The zero-order chi connectivity index (χ0) is 54.3. The molecule has 2 heterocycles. The van der Waals surface area contributed by atoms with Crippen molar-refractivity contribution in [3.63, 3.8) is 0 Å². The summed E-state index contributed by atoms with van der Waals surface area (Å²) in [4.78, 5) is 149. The molecule has 2 aliphatic heterocycles. The predicted octanol–water partition coefficient (Wildman–Crippen LogP) is -4.13. The van der Waals surface area contributed by atoms with Crippen LogP contribution in [0, 0.1) is 5.41 Å². The lowest BCUT2D eigenvalue weighted by Gasteiger charge is -2.31. The minimum Gasteiger partial charge on any atom is -0.508 e. The first-order chi connectivity index (χ1) is 35.2. The fraction of sp³-hybridized carbons (Fsp3) is 0.478. The lowest BCUT2D eigenvalue weighted by Crippen LogP contribution is -2.61. The summed E-state index contributed by atoms with van der Waals surface area (Å²) in [5, 5.41) is 37.7. The number of likely N-dealkylation sites (tertiary alicyclic amines) is 1. The number of carbonyl (C=O) groups is 11. The van der Waals surface area contributed by atoms with E-state index in [1.54, 1.807) is 42.5 Å². The molecule has 7 atom stereocenters. The van der Waals surface area contributed by atoms with E-state index < -0.39 is 133 Å². The molecule has 2 saturated heterocycles. The summed E-state index contributed by atoms with van der Waals surface area (Å²) in [5.74, 6) is -9.90. The molecule has 2 aromatic carbocycles. The maximum absolute atomic E-state index is 14.6. The fourth-order valence-electron chi connectivity index (χ4n) is 7.81. The van der Waals surface area contributed by atoms with Crippen LogP contribution in [-0.2, 0) is 65.6 Å². The highest BCUT2D eigenvalue weighted by atomic mass is 33.1. The molecule has 74 heavy (non-hydrogen) atoms. The molecule has 402 valence electrons. The third kappa shape index (κ3) is 20.1. The van der Waals surface area contributed by atoms with Crippen LogP contribution in [0.25, 0.3) is 0 Å². The molecule has 2 fully saturated rings. The average Bonchev–Trinajstić information content (AvgIpc) is 3.85. The van der Waals surface area contributed by atoms with Gasteiger partial charge in [-0.05, 0) is 55.4 Å². The van der Waals surface area contributed by atoms with Crippen LogP contribution in [-0.4, -0.2) is 154 Å². The van der Waals surface area contributed by atoms with Crippen LogP contribution in [0.3, 0.4) is 0 Å². The van der Waals surface area contributed by atoms with Crippen molar-refractivity contribution in [2.24, 2.45) is 22.9 Å². The van der Waals surface area contributed by atoms with Gasteiger partial charge in [0.25, 0.3) is 0 Å². The van der Waals surface area contributed by atoms with Gasteiger partial charge in [-0.15, -0.1) is 0 Å². The Kier molecular flexibility index (Phi) is 23.7. The number of nitrogens with zero attached hydrogens (tertiary/aromatic N) is 1. The average molecular weight is 1070 g/mol. The Morgan fingerprint density at radius 1 is 0.730 bits per heavy atom. The predicted molar refractivity (Wildman–Crippen MR) is 271 cm³/mol. The van der Waals surface area contributed by atoms with Gasteiger partial charge in [-0.1, -0.05) is 64.1 Å². The molecule has 1 unspecified atom stereocenters. The molecular formula is C46H64N14O12S2. The smallest absolute Gasteiger partial charge is 0.246 e. The topological polar surface area (TPSA) is 435 Å². The Bertz CT molecular complexity index is 2370. The van der Waals surface area contributed by atoms with Crippen LogP contribution >= 0.6 is 21.6 Å². The Labute approximate surface area is 433 Å². The van der Waals surface area contributed by atoms with E-state index >= 15 is 0 Å². The number of hydrogen-bond donors (Lipinski definition) is 14. The van der Waals surface area contributed by atoms with E-state index in [0.29, 0.717) is 17.5 Å². The third-order valence-corrected chi connectivity index (χ3v) is 13.9. The lowest BCUT2D eigenvalue weighted by atomic mass is 10.0. The highest BCUT2D eigenvalue weighted by Gasteiger charge is 2.40. The molecule has 4 rings (SSSR count). The molecule has 0 bridgehead atoms. The highest BCUT2D eigenvalue weighted by Crippen LogP contribution is 2.26. The summed E-state index contributed by atoms with van der Waals surface area (Å²) in [6, 6.07) is 4.50. The van der Waals surface area contributed by atoms with Gasteiger partial charge in [0.2, 0.25) is 65.0 Å². The Hall–Kier alpha value is -7.62. The fourth-order valence-corrected chi connectivity index (χ4v) is 9.95. The van der Waals surface area contributed by atoms with Gasteiger partial charge in [-0.2, -0.15) is 0 Å². The molecule has 0 saturated carbocycles. The number of rotatable bonds is 19. The maximum Gasteiger partial charge on any atom is 0.246 e. The second kappa shape index (κ2) is 29.8. The lowest BCUT2D eigenvalue weighted by molar-refractivity contribution is -0.142. The van der Waals surface area contributed by atoms with Crippen LogP contribution < -0.4 is 65.5 Å². The zero-order valence-electron chi connectivity index (χ0n) is 40.4. The van der Waals surface area contributed by atoms with Crippen LogP contribution in [0.5, 0.6) is 5.75 Å². The summed E-state index contributed by atoms with van der Waals surface area (Å²) in [6.07, 6.45) is -1.33. The van der Waals surface area contributed by atoms with Crippen molar-refractivity contribution in [1.82, 2.24) is 47.4 Å². The highest BCUT2D eigenvalue weighted by molar-refractivity contribution is 8.76. The number of aromatic hydroxyl groups is 1. The first-order valence-electron chi connectivity index (χ1n) is 23.6. The second-order valence-corrected chi connectivity index (χ2v) is 20.0. The summed E-state index contributed by atoms with van der Waals surface area (Å²) in [5.41, 5.74) is 22.7. The van der Waals surface area contributed by atoms with Gasteiger partial charge in [0, 0.05) is 50.3 Å². The molecule has 28 heteroatoms. The monoisotopic (exact) mass is 1070 g/mol. The van der Waals surface area contributed by atoms with Crippen molar-refractivity contribution in [2.75, 3.05) is 31.1 Å². The number of amides is 11. The van der Waals surface area contributed by atoms with E-state index in [0.717, 1.165) is 21.6 Å². The maximum atomic E-state index is 14.6. The summed E-state index contributed by atoms with van der Waals surface area (Å²) in [7, 11) is 2.18. The molecule has 11 amide bonds. The number of hydrogen-bond acceptors (Lipinski definition) is 15. The Morgan fingerprint density at radius 3 is 1.97 bits per heavy atom. The zero-order valence-corrected chi connectivity index (χ0v) is 42.0. The van der Waals surface area contributed by atoms with E-state index in [9.17, 15) is 57.8 Å². The van der Waals surface area contributed by atoms with Crippen LogP contribution in [0.1, 0.15) is 62.5 Å². The molecule has 0 radical (unpaired) electrons. The molecule has 0 aliphatic carbocycles. The Morgan fingerprint density at radius 2 is 1.34 bits per heavy atom. The standard InChI is InChI=1S/C46H64N14O12S2/c47-35(62)15-14-29-40(67)58-32(22-36(48)63)43(70)59-33(45(72)60-18-5-9-34(60)44(71)56-28(8-4-17-52-46(50)51)39(66)53-23-37(49)64)24-74-73-19-16-38(65)54-30(21-26-10-12-27(61)13-11-26)41(68)57-31(42(69)55-29)20-25-6-2-1-3-7-25/h1-3,6-7,10-13,28-34,61H,4-5,8-9,14-24H2,(H2,47,62)(H2,48,63)(H2,49,64)(H,53,66)(H,54,65)(H,55,69)(H,56,71)(H,57,68)(H,58,67)(H,59,70)(H4,50,51,52)/t28?,29-,30-,31-,32-,33-,34-/m0/s1. The number of phenols is 1. The number of nitrogens with two attached hydrogens (primary N) is 4. The summed E-state index contributed by atoms with van der Waals surface area (Å²) < 4.78 is 0. The largest absolute Gasteiger partial charge is 0.508 e. The van der Waals surface area contributed by atoms with Gasteiger partial charge in [0.1, 0.15) is 48.0 Å². The van der Waals surface area contributed by atoms with E-state index in [-0.39, 0.29) is 74.8 Å². The summed E-state index contributed by atoms with van der Waals surface area (Å²) >= 11 is 0. The third-order valence-electron chi connectivity index (χ3n) is 11.5. The quantitative estimate of drug-likeness (QED) is 0.0275. The van der Waals surface area contributed by atoms with Crippen LogP contribution in [0.15, 0.2) is 54.6 Å². The molecule has 2 aliphatic rings. The minimum atomic E-state index is -1.77. The molecule has 26 nitrogen and oxygen atoms in total. The van der Waals surface area contributed by atoms with Gasteiger partial charge >= 0.3 is 0 Å². The number of benzene rings is 2. The van der Waals surface area contributed by atoms with Gasteiger partial charge in [0.15, 0.2) is 5.96 Å². The minimum absolute atomic E-state index is 0.0163. The van der Waals surface area contributed by atoms with Gasteiger partial charge < -0.3 is 75.5 Å².